The summed E-state index contributed by atoms with van der Waals surface area (Å²) in [5.41, 5.74) is -1.40. The van der Waals surface area contributed by atoms with E-state index in [0.29, 0.717) is 6.54 Å². The van der Waals surface area contributed by atoms with Crippen LogP contribution in [0.1, 0.15) is 38.8 Å². The van der Waals surface area contributed by atoms with Crippen molar-refractivity contribution in [3.63, 3.8) is 0 Å². The van der Waals surface area contributed by atoms with Crippen molar-refractivity contribution in [2.24, 2.45) is 5.41 Å². The molecule has 1 amide bonds. The van der Waals surface area contributed by atoms with Crippen LogP contribution in [0, 0.1) is 16.7 Å². The maximum atomic E-state index is 13.3. The van der Waals surface area contributed by atoms with Crippen molar-refractivity contribution in [1.82, 2.24) is 4.90 Å². The Kier molecular flexibility index (Phi) is 6.11. The van der Waals surface area contributed by atoms with Crippen molar-refractivity contribution in [2.75, 3.05) is 25.5 Å². The zero-order chi connectivity index (χ0) is 19.6. The molecule has 1 atom stereocenters. The number of carbonyl (C=O) groups excluding carboxylic acids is 1. The van der Waals surface area contributed by atoms with Gasteiger partial charge in [0.05, 0.1) is 17.2 Å². The molecular weight excluding hydrogens is 331 g/mol. The van der Waals surface area contributed by atoms with E-state index in [1.54, 1.807) is 32.0 Å². The molecule has 138 valence electrons. The van der Waals surface area contributed by atoms with Gasteiger partial charge in [0, 0.05) is 26.3 Å². The Morgan fingerprint density at radius 2 is 1.80 bits per heavy atom. The molecule has 0 aromatic heterocycles. The molecule has 7 heteroatoms. The predicted octanol–water partition coefficient (Wildman–Crippen LogP) is 3.91. The average Bonchev–Trinajstić information content (AvgIpc) is 2.48. The van der Waals surface area contributed by atoms with E-state index in [-0.39, 0.29) is 17.0 Å². The minimum Gasteiger partial charge on any atom is -0.359 e. The quantitative estimate of drug-likeness (QED) is 0.823. The first-order chi connectivity index (χ1) is 11.3. The SMILES string of the molecule is C[C@@H](C(=O)N(C)C)N(CC(C)(C)C)c1ccc(C#N)c(C(F)(F)F)c1. The Morgan fingerprint density at radius 1 is 1.24 bits per heavy atom. The molecule has 0 spiro atoms. The van der Waals surface area contributed by atoms with Crippen LogP contribution in [-0.2, 0) is 11.0 Å². The van der Waals surface area contributed by atoms with Crippen LogP contribution >= 0.6 is 0 Å². The zero-order valence-corrected chi connectivity index (χ0v) is 15.4. The number of likely N-dealkylation sites (N-methyl/N-ethyl adjacent to an activating group) is 1. The van der Waals surface area contributed by atoms with Crippen molar-refractivity contribution in [3.8, 4) is 6.07 Å². The average molecular weight is 355 g/mol. The zero-order valence-electron chi connectivity index (χ0n) is 15.4. The van der Waals surface area contributed by atoms with E-state index >= 15 is 0 Å². The fourth-order valence-corrected chi connectivity index (χ4v) is 2.51. The number of anilines is 1. The monoisotopic (exact) mass is 355 g/mol. The van der Waals surface area contributed by atoms with Crippen LogP contribution in [0.25, 0.3) is 0 Å². The molecule has 1 aromatic carbocycles. The summed E-state index contributed by atoms with van der Waals surface area (Å²) in [7, 11) is 3.21. The number of hydrogen-bond acceptors (Lipinski definition) is 3. The fraction of sp³-hybridized carbons (Fsp3) is 0.556. The van der Waals surface area contributed by atoms with Crippen LogP contribution < -0.4 is 4.90 Å². The second-order valence-corrected chi connectivity index (χ2v) is 7.44. The Balaban J connectivity index is 3.45. The van der Waals surface area contributed by atoms with Crippen molar-refractivity contribution in [1.29, 1.82) is 5.26 Å². The summed E-state index contributed by atoms with van der Waals surface area (Å²) in [5.74, 6) is -0.206. The lowest BCUT2D eigenvalue weighted by Gasteiger charge is -2.37. The minimum absolute atomic E-state index is 0.206. The molecule has 0 saturated carbocycles. The highest BCUT2D eigenvalue weighted by Crippen LogP contribution is 2.35. The highest BCUT2D eigenvalue weighted by atomic mass is 19.4. The highest BCUT2D eigenvalue weighted by molar-refractivity contribution is 5.84. The van der Waals surface area contributed by atoms with E-state index in [9.17, 15) is 18.0 Å². The predicted molar refractivity (Wildman–Crippen MR) is 91.1 cm³/mol. The number of carbonyl (C=O) groups is 1. The van der Waals surface area contributed by atoms with Crippen molar-refractivity contribution >= 4 is 11.6 Å². The van der Waals surface area contributed by atoms with Gasteiger partial charge in [0.25, 0.3) is 0 Å². The standard InChI is InChI=1S/C18H24F3N3O/c1-12(16(25)23(5)6)24(11-17(2,3)4)14-8-7-13(10-22)15(9-14)18(19,20)21/h7-9,12H,11H2,1-6H3/t12-/m0/s1. The molecule has 0 N–H and O–H groups in total. The van der Waals surface area contributed by atoms with E-state index in [1.807, 2.05) is 20.8 Å². The summed E-state index contributed by atoms with van der Waals surface area (Å²) in [5, 5.41) is 8.94. The molecule has 0 radical (unpaired) electrons. The van der Waals surface area contributed by atoms with Crippen molar-refractivity contribution in [2.45, 2.75) is 39.9 Å². The van der Waals surface area contributed by atoms with Gasteiger partial charge in [-0.2, -0.15) is 18.4 Å². The summed E-state index contributed by atoms with van der Waals surface area (Å²) in [6, 6.07) is 4.50. The van der Waals surface area contributed by atoms with Gasteiger partial charge in [-0.3, -0.25) is 4.79 Å². The maximum Gasteiger partial charge on any atom is 0.417 e. The van der Waals surface area contributed by atoms with E-state index in [2.05, 4.69) is 0 Å². The van der Waals surface area contributed by atoms with Crippen LogP contribution in [0.5, 0.6) is 0 Å². The molecule has 1 rings (SSSR count). The van der Waals surface area contributed by atoms with Gasteiger partial charge in [0.1, 0.15) is 6.04 Å². The lowest BCUT2D eigenvalue weighted by Crippen LogP contribution is -2.48. The van der Waals surface area contributed by atoms with Gasteiger partial charge in [-0.25, -0.2) is 0 Å². The Labute approximate surface area is 146 Å². The molecule has 0 aliphatic rings. The topological polar surface area (TPSA) is 47.3 Å². The first kappa shape index (κ1) is 20.8. The first-order valence-corrected chi connectivity index (χ1v) is 7.87. The lowest BCUT2D eigenvalue weighted by atomic mass is 9.94. The number of alkyl halides is 3. The summed E-state index contributed by atoms with van der Waals surface area (Å²) in [6.45, 7) is 7.89. The van der Waals surface area contributed by atoms with Gasteiger partial charge in [-0.15, -0.1) is 0 Å². The number of rotatable bonds is 4. The normalized spacial score (nSPS) is 13.1. The van der Waals surface area contributed by atoms with Gasteiger partial charge in [-0.1, -0.05) is 20.8 Å². The summed E-state index contributed by atoms with van der Waals surface area (Å²) < 4.78 is 39.8. The highest BCUT2D eigenvalue weighted by Gasteiger charge is 2.35. The lowest BCUT2D eigenvalue weighted by molar-refractivity contribution is -0.137. The third-order valence-corrected chi connectivity index (χ3v) is 3.67. The fourth-order valence-electron chi connectivity index (χ4n) is 2.51. The Hall–Kier alpha value is -2.23. The van der Waals surface area contributed by atoms with Crippen LogP contribution in [0.2, 0.25) is 0 Å². The number of nitrogens with zero attached hydrogens (tertiary/aromatic N) is 3. The molecule has 0 saturated heterocycles. The van der Waals surface area contributed by atoms with E-state index in [0.717, 1.165) is 12.1 Å². The molecule has 0 bridgehead atoms. The van der Waals surface area contributed by atoms with Gasteiger partial charge >= 0.3 is 6.18 Å². The molecule has 0 aliphatic carbocycles. The number of hydrogen-bond donors (Lipinski definition) is 0. The number of nitriles is 1. The van der Waals surface area contributed by atoms with Crippen molar-refractivity contribution in [3.05, 3.63) is 29.3 Å². The molecule has 0 fully saturated rings. The van der Waals surface area contributed by atoms with Gasteiger partial charge in [0.15, 0.2) is 0 Å². The van der Waals surface area contributed by atoms with E-state index in [4.69, 9.17) is 5.26 Å². The van der Waals surface area contributed by atoms with E-state index in [1.165, 1.54) is 11.0 Å². The smallest absolute Gasteiger partial charge is 0.359 e. The number of benzene rings is 1. The summed E-state index contributed by atoms with van der Waals surface area (Å²) >= 11 is 0. The van der Waals surface area contributed by atoms with Gasteiger partial charge < -0.3 is 9.80 Å². The maximum absolute atomic E-state index is 13.3. The second kappa shape index (κ2) is 7.34. The molecular formula is C18H24F3N3O. The molecule has 25 heavy (non-hydrogen) atoms. The third-order valence-electron chi connectivity index (χ3n) is 3.67. The van der Waals surface area contributed by atoms with Gasteiger partial charge in [0.2, 0.25) is 5.91 Å². The minimum atomic E-state index is -4.64. The molecule has 0 unspecified atom stereocenters. The summed E-state index contributed by atoms with van der Waals surface area (Å²) in [6.07, 6.45) is -4.64. The third kappa shape index (κ3) is 5.38. The largest absolute Gasteiger partial charge is 0.417 e. The van der Waals surface area contributed by atoms with Crippen LogP contribution in [0.3, 0.4) is 0 Å². The van der Waals surface area contributed by atoms with Gasteiger partial charge in [-0.05, 0) is 30.5 Å². The second-order valence-electron chi connectivity index (χ2n) is 7.44. The molecule has 1 aromatic rings. The van der Waals surface area contributed by atoms with E-state index < -0.39 is 23.3 Å². The first-order valence-electron chi connectivity index (χ1n) is 7.87. The van der Waals surface area contributed by atoms with Crippen LogP contribution in [0.15, 0.2) is 18.2 Å². The Morgan fingerprint density at radius 3 is 2.20 bits per heavy atom. The molecule has 0 heterocycles. The summed E-state index contributed by atoms with van der Waals surface area (Å²) in [4.78, 5) is 15.4. The molecule has 0 aliphatic heterocycles. The molecule has 4 nitrogen and oxygen atoms in total. The number of halogens is 3. The van der Waals surface area contributed by atoms with Crippen LogP contribution in [-0.4, -0.2) is 37.5 Å². The van der Waals surface area contributed by atoms with Crippen molar-refractivity contribution < 1.29 is 18.0 Å². The Bertz CT molecular complexity index is 670. The number of amides is 1. The van der Waals surface area contributed by atoms with Crippen LogP contribution in [0.4, 0.5) is 18.9 Å².